The van der Waals surface area contributed by atoms with Crippen LogP contribution in [0.1, 0.15) is 12.8 Å². The molecule has 2 N–H and O–H groups in total. The van der Waals surface area contributed by atoms with Gasteiger partial charge in [-0.15, -0.1) is 0 Å². The smallest absolute Gasteiger partial charge is 0.282 e. The Labute approximate surface area is 113 Å². The van der Waals surface area contributed by atoms with Crippen LogP contribution in [0.25, 0.3) is 0 Å². The third kappa shape index (κ3) is 3.31. The average Bonchev–Trinajstić information content (AvgIpc) is 3.16. The van der Waals surface area contributed by atoms with Gasteiger partial charge in [0, 0.05) is 10.5 Å². The molecule has 18 heavy (non-hydrogen) atoms. The van der Waals surface area contributed by atoms with E-state index in [0.29, 0.717) is 5.69 Å². The van der Waals surface area contributed by atoms with Gasteiger partial charge in [0.05, 0.1) is 5.69 Å². The predicted molar refractivity (Wildman–Crippen MR) is 72.0 cm³/mol. The highest BCUT2D eigenvalue weighted by molar-refractivity contribution is 9.10. The zero-order chi connectivity index (χ0) is 13.0. The number of hydrogen-bond donors (Lipinski definition) is 2. The summed E-state index contributed by atoms with van der Waals surface area (Å²) < 4.78 is 0.814. The molecular formula is C12H11BrN4O. The molecule has 1 saturated carbocycles. The molecule has 0 atom stereocenters. The minimum atomic E-state index is -0.431. The van der Waals surface area contributed by atoms with Gasteiger partial charge in [-0.1, -0.05) is 12.1 Å². The summed E-state index contributed by atoms with van der Waals surface area (Å²) in [5.41, 5.74) is 3.23. The number of hydrogen-bond acceptors (Lipinski definition) is 4. The van der Waals surface area contributed by atoms with Crippen molar-refractivity contribution in [1.29, 1.82) is 5.26 Å². The lowest BCUT2D eigenvalue weighted by Crippen LogP contribution is -2.32. The second-order valence-corrected chi connectivity index (χ2v) is 4.77. The van der Waals surface area contributed by atoms with Gasteiger partial charge in [0.25, 0.3) is 5.91 Å². The van der Waals surface area contributed by atoms with Crippen LogP contribution in [-0.2, 0) is 4.79 Å². The Kier molecular flexibility index (Phi) is 3.95. The van der Waals surface area contributed by atoms with Crippen molar-refractivity contribution >= 4 is 33.2 Å². The second-order valence-electron chi connectivity index (χ2n) is 3.91. The first kappa shape index (κ1) is 12.6. The number of nitrogens with zero attached hydrogens (tertiary/aromatic N) is 2. The molecule has 1 aliphatic carbocycles. The van der Waals surface area contributed by atoms with E-state index < -0.39 is 5.91 Å². The minimum absolute atomic E-state index is 0.169. The SMILES string of the molecule is N#C/C(=N\Nc1ccccc1Br)C(=O)NC1CC1. The zero-order valence-electron chi connectivity index (χ0n) is 9.48. The molecule has 2 rings (SSSR count). The Hall–Kier alpha value is -1.87. The van der Waals surface area contributed by atoms with Crippen molar-refractivity contribution < 1.29 is 4.79 Å². The Morgan fingerprint density at radius 2 is 2.17 bits per heavy atom. The van der Waals surface area contributed by atoms with E-state index in [4.69, 9.17) is 5.26 Å². The number of rotatable bonds is 4. The summed E-state index contributed by atoms with van der Waals surface area (Å²) in [5.74, 6) is -0.431. The molecule has 1 aromatic carbocycles. The maximum Gasteiger partial charge on any atom is 0.282 e. The molecule has 1 amide bonds. The van der Waals surface area contributed by atoms with Crippen molar-refractivity contribution in [2.75, 3.05) is 5.43 Å². The van der Waals surface area contributed by atoms with Crippen LogP contribution in [0, 0.1) is 11.3 Å². The lowest BCUT2D eigenvalue weighted by molar-refractivity contribution is -0.114. The van der Waals surface area contributed by atoms with E-state index >= 15 is 0 Å². The number of para-hydroxylation sites is 1. The van der Waals surface area contributed by atoms with E-state index in [9.17, 15) is 4.79 Å². The fraction of sp³-hybridized carbons (Fsp3) is 0.250. The molecule has 6 heteroatoms. The van der Waals surface area contributed by atoms with Gasteiger partial charge in [0.2, 0.25) is 5.71 Å². The topological polar surface area (TPSA) is 77.3 Å². The first-order valence-corrected chi connectivity index (χ1v) is 6.29. The quantitative estimate of drug-likeness (QED) is 0.660. The van der Waals surface area contributed by atoms with Crippen LogP contribution in [0.2, 0.25) is 0 Å². The summed E-state index contributed by atoms with van der Waals surface area (Å²) in [6.07, 6.45) is 1.95. The molecule has 0 aromatic heterocycles. The monoisotopic (exact) mass is 306 g/mol. The lowest BCUT2D eigenvalue weighted by Gasteiger charge is -2.04. The molecule has 1 fully saturated rings. The van der Waals surface area contributed by atoms with E-state index in [1.807, 2.05) is 18.2 Å². The van der Waals surface area contributed by atoms with Crippen LogP contribution in [0.5, 0.6) is 0 Å². The predicted octanol–water partition coefficient (Wildman–Crippen LogP) is 2.02. The van der Waals surface area contributed by atoms with Gasteiger partial charge < -0.3 is 5.32 Å². The maximum absolute atomic E-state index is 11.6. The van der Waals surface area contributed by atoms with Crippen molar-refractivity contribution in [3.05, 3.63) is 28.7 Å². The van der Waals surface area contributed by atoms with Crippen LogP contribution in [-0.4, -0.2) is 17.7 Å². The number of nitrogens with one attached hydrogen (secondary N) is 2. The largest absolute Gasteiger partial charge is 0.347 e. The molecule has 0 saturated heterocycles. The standard InChI is InChI=1S/C12H11BrN4O/c13-9-3-1-2-4-10(9)16-17-11(7-14)12(18)15-8-5-6-8/h1-4,8,16H,5-6H2,(H,15,18)/b17-11+. The van der Waals surface area contributed by atoms with Crippen LogP contribution in [0.3, 0.4) is 0 Å². The first-order valence-electron chi connectivity index (χ1n) is 5.50. The molecule has 0 unspecified atom stereocenters. The molecule has 1 aromatic rings. The van der Waals surface area contributed by atoms with Crippen LogP contribution < -0.4 is 10.7 Å². The Bertz CT molecular complexity index is 531. The van der Waals surface area contributed by atoms with E-state index in [-0.39, 0.29) is 11.8 Å². The van der Waals surface area contributed by atoms with Gasteiger partial charge in [0.1, 0.15) is 6.07 Å². The molecule has 0 radical (unpaired) electrons. The number of halogens is 1. The Balaban J connectivity index is 2.03. The summed E-state index contributed by atoms with van der Waals surface area (Å²) in [5, 5.41) is 15.4. The van der Waals surface area contributed by atoms with Crippen LogP contribution >= 0.6 is 15.9 Å². The molecular weight excluding hydrogens is 296 g/mol. The molecule has 92 valence electrons. The fourth-order valence-electron chi connectivity index (χ4n) is 1.28. The normalized spacial score (nSPS) is 14.8. The Morgan fingerprint density at radius 1 is 1.44 bits per heavy atom. The summed E-state index contributed by atoms with van der Waals surface area (Å²) in [6, 6.07) is 9.32. The number of anilines is 1. The molecule has 1 aliphatic rings. The molecule has 0 heterocycles. The maximum atomic E-state index is 11.6. The number of hydrazone groups is 1. The third-order valence-corrected chi connectivity index (χ3v) is 3.09. The third-order valence-electron chi connectivity index (χ3n) is 2.40. The van der Waals surface area contributed by atoms with Crippen molar-refractivity contribution in [3.63, 3.8) is 0 Å². The van der Waals surface area contributed by atoms with E-state index in [0.717, 1.165) is 17.3 Å². The second kappa shape index (κ2) is 5.65. The van der Waals surface area contributed by atoms with Crippen LogP contribution in [0.15, 0.2) is 33.8 Å². The molecule has 0 spiro atoms. The molecule has 5 nitrogen and oxygen atoms in total. The highest BCUT2D eigenvalue weighted by Crippen LogP contribution is 2.21. The zero-order valence-corrected chi connectivity index (χ0v) is 11.1. The molecule has 0 aliphatic heterocycles. The van der Waals surface area contributed by atoms with Gasteiger partial charge in [0.15, 0.2) is 0 Å². The highest BCUT2D eigenvalue weighted by Gasteiger charge is 2.25. The van der Waals surface area contributed by atoms with Gasteiger partial charge in [-0.2, -0.15) is 10.4 Å². The molecule has 0 bridgehead atoms. The van der Waals surface area contributed by atoms with Crippen molar-refractivity contribution in [1.82, 2.24) is 5.32 Å². The summed E-state index contributed by atoms with van der Waals surface area (Å²) in [4.78, 5) is 11.6. The number of amides is 1. The minimum Gasteiger partial charge on any atom is -0.347 e. The first-order chi connectivity index (χ1) is 8.70. The van der Waals surface area contributed by atoms with Crippen LogP contribution in [0.4, 0.5) is 5.69 Å². The summed E-state index contributed by atoms with van der Waals surface area (Å²) in [7, 11) is 0. The van der Waals surface area contributed by atoms with Crippen molar-refractivity contribution in [2.45, 2.75) is 18.9 Å². The summed E-state index contributed by atoms with van der Waals surface area (Å²) >= 11 is 3.34. The number of carbonyl (C=O) groups excluding carboxylic acids is 1. The highest BCUT2D eigenvalue weighted by atomic mass is 79.9. The van der Waals surface area contributed by atoms with Gasteiger partial charge in [-0.25, -0.2) is 0 Å². The Morgan fingerprint density at radius 3 is 2.78 bits per heavy atom. The average molecular weight is 307 g/mol. The van der Waals surface area contributed by atoms with E-state index in [1.54, 1.807) is 12.1 Å². The lowest BCUT2D eigenvalue weighted by atomic mass is 10.3. The number of carbonyl (C=O) groups is 1. The number of nitriles is 1. The van der Waals surface area contributed by atoms with Gasteiger partial charge >= 0.3 is 0 Å². The summed E-state index contributed by atoms with van der Waals surface area (Å²) in [6.45, 7) is 0. The van der Waals surface area contributed by atoms with Crippen molar-refractivity contribution in [3.8, 4) is 6.07 Å². The van der Waals surface area contributed by atoms with Gasteiger partial charge in [-0.05, 0) is 40.9 Å². The van der Waals surface area contributed by atoms with E-state index in [1.165, 1.54) is 0 Å². The number of benzene rings is 1. The van der Waals surface area contributed by atoms with E-state index in [2.05, 4.69) is 31.8 Å². The van der Waals surface area contributed by atoms with Gasteiger partial charge in [-0.3, -0.25) is 10.2 Å². The van der Waals surface area contributed by atoms with Crippen molar-refractivity contribution in [2.24, 2.45) is 5.10 Å². The fourth-order valence-corrected chi connectivity index (χ4v) is 1.65.